The Bertz CT molecular complexity index is 613. The van der Waals surface area contributed by atoms with Crippen molar-refractivity contribution in [1.82, 2.24) is 14.9 Å². The third kappa shape index (κ3) is 4.25. The normalized spacial score (nSPS) is 10.6. The maximum Gasteiger partial charge on any atom is 0.248 e. The largest absolute Gasteiger partial charge is 0.379 e. The van der Waals surface area contributed by atoms with Crippen LogP contribution in [0.25, 0.3) is 0 Å². The second-order valence-electron chi connectivity index (χ2n) is 5.02. The Morgan fingerprint density at radius 1 is 1.33 bits per heavy atom. The Hall–Kier alpha value is -2.47. The summed E-state index contributed by atoms with van der Waals surface area (Å²) in [5.41, 5.74) is 8.63. The predicted octanol–water partition coefficient (Wildman–Crippen LogP) is 1.25. The monoisotopic (exact) mass is 285 g/mol. The van der Waals surface area contributed by atoms with Crippen LogP contribution in [0.15, 0.2) is 36.8 Å². The zero-order valence-corrected chi connectivity index (χ0v) is 12.2. The fourth-order valence-corrected chi connectivity index (χ4v) is 1.98. The molecule has 1 aromatic carbocycles. The first-order valence-corrected chi connectivity index (χ1v) is 6.62. The molecule has 0 aliphatic carbocycles. The Morgan fingerprint density at radius 2 is 2.14 bits per heavy atom. The molecule has 1 amide bonds. The number of benzene rings is 1. The summed E-state index contributed by atoms with van der Waals surface area (Å²) >= 11 is 0. The van der Waals surface area contributed by atoms with Crippen LogP contribution in [0.2, 0.25) is 0 Å². The summed E-state index contributed by atoms with van der Waals surface area (Å²) < 4.78 is 0. The third-order valence-electron chi connectivity index (χ3n) is 2.96. The van der Waals surface area contributed by atoms with Crippen molar-refractivity contribution in [3.8, 4) is 0 Å². The Morgan fingerprint density at radius 3 is 2.76 bits per heavy atom. The van der Waals surface area contributed by atoms with Gasteiger partial charge in [0.15, 0.2) is 0 Å². The second kappa shape index (κ2) is 6.81. The summed E-state index contributed by atoms with van der Waals surface area (Å²) in [4.78, 5) is 21.6. The minimum Gasteiger partial charge on any atom is -0.379 e. The summed E-state index contributed by atoms with van der Waals surface area (Å²) in [6.45, 7) is 1.30. The molecule has 0 fully saturated rings. The van der Waals surface area contributed by atoms with Crippen molar-refractivity contribution in [2.75, 3.05) is 19.4 Å². The van der Waals surface area contributed by atoms with E-state index in [4.69, 9.17) is 5.73 Å². The van der Waals surface area contributed by atoms with Gasteiger partial charge in [0.1, 0.15) is 0 Å². The quantitative estimate of drug-likeness (QED) is 0.834. The molecule has 0 bridgehead atoms. The number of rotatable bonds is 6. The van der Waals surface area contributed by atoms with Crippen LogP contribution < -0.4 is 11.1 Å². The van der Waals surface area contributed by atoms with E-state index in [1.54, 1.807) is 30.7 Å². The van der Waals surface area contributed by atoms with E-state index in [9.17, 15) is 4.79 Å². The van der Waals surface area contributed by atoms with E-state index in [1.807, 2.05) is 20.2 Å². The van der Waals surface area contributed by atoms with Crippen molar-refractivity contribution in [3.63, 3.8) is 0 Å². The summed E-state index contributed by atoms with van der Waals surface area (Å²) in [6.07, 6.45) is 4.99. The summed E-state index contributed by atoms with van der Waals surface area (Å²) in [7, 11) is 3.99. The van der Waals surface area contributed by atoms with Gasteiger partial charge in [-0.05, 0) is 31.8 Å². The van der Waals surface area contributed by atoms with E-state index in [1.165, 1.54) is 0 Å². The zero-order chi connectivity index (χ0) is 15.2. The topological polar surface area (TPSA) is 84.1 Å². The molecule has 1 heterocycles. The molecule has 0 spiro atoms. The van der Waals surface area contributed by atoms with Gasteiger partial charge in [0.05, 0.1) is 18.4 Å². The standard InChI is InChI=1S/C15H19N5O/c1-20(2)10-12-4-3-11(15(16)21)7-14(12)19-9-13-8-17-5-6-18-13/h3-8,19H,9-10H2,1-2H3,(H2,16,21). The van der Waals surface area contributed by atoms with E-state index < -0.39 is 5.91 Å². The molecule has 0 unspecified atom stereocenters. The third-order valence-corrected chi connectivity index (χ3v) is 2.96. The lowest BCUT2D eigenvalue weighted by atomic mass is 10.1. The van der Waals surface area contributed by atoms with Crippen LogP contribution in [-0.4, -0.2) is 34.9 Å². The first-order valence-electron chi connectivity index (χ1n) is 6.62. The Kier molecular flexibility index (Phi) is 4.84. The van der Waals surface area contributed by atoms with Crippen LogP contribution in [-0.2, 0) is 13.1 Å². The van der Waals surface area contributed by atoms with Crippen molar-refractivity contribution >= 4 is 11.6 Å². The van der Waals surface area contributed by atoms with Crippen molar-refractivity contribution in [3.05, 3.63) is 53.6 Å². The summed E-state index contributed by atoms with van der Waals surface area (Å²) in [5.74, 6) is -0.436. The Balaban J connectivity index is 2.21. The number of carbonyl (C=O) groups excluding carboxylic acids is 1. The van der Waals surface area contributed by atoms with E-state index in [2.05, 4.69) is 20.2 Å². The fourth-order valence-electron chi connectivity index (χ4n) is 1.98. The first-order chi connectivity index (χ1) is 10.1. The molecular formula is C15H19N5O. The molecular weight excluding hydrogens is 266 g/mol. The number of primary amides is 1. The average molecular weight is 285 g/mol. The first kappa shape index (κ1) is 14.9. The number of nitrogens with two attached hydrogens (primary N) is 1. The summed E-state index contributed by atoms with van der Waals surface area (Å²) in [5, 5.41) is 3.29. The highest BCUT2D eigenvalue weighted by Gasteiger charge is 2.08. The fraction of sp³-hybridized carbons (Fsp3) is 0.267. The molecule has 0 aliphatic heterocycles. The lowest BCUT2D eigenvalue weighted by Crippen LogP contribution is -2.15. The van der Waals surface area contributed by atoms with E-state index in [-0.39, 0.29) is 0 Å². The van der Waals surface area contributed by atoms with Gasteiger partial charge in [0, 0.05) is 30.2 Å². The van der Waals surface area contributed by atoms with Crippen LogP contribution in [0.3, 0.4) is 0 Å². The van der Waals surface area contributed by atoms with E-state index in [0.29, 0.717) is 12.1 Å². The van der Waals surface area contributed by atoms with Crippen LogP contribution in [0.5, 0.6) is 0 Å². The number of amides is 1. The van der Waals surface area contributed by atoms with Gasteiger partial charge in [-0.3, -0.25) is 14.8 Å². The molecule has 0 radical (unpaired) electrons. The molecule has 6 heteroatoms. The molecule has 0 saturated heterocycles. The SMILES string of the molecule is CN(C)Cc1ccc(C(N)=O)cc1NCc1cnccn1. The van der Waals surface area contributed by atoms with Gasteiger partial charge in [-0.15, -0.1) is 0 Å². The molecule has 2 rings (SSSR count). The molecule has 21 heavy (non-hydrogen) atoms. The highest BCUT2D eigenvalue weighted by atomic mass is 16.1. The maximum absolute atomic E-state index is 11.3. The van der Waals surface area contributed by atoms with Crippen molar-refractivity contribution in [2.24, 2.45) is 5.73 Å². The number of hydrogen-bond acceptors (Lipinski definition) is 5. The second-order valence-corrected chi connectivity index (χ2v) is 5.02. The van der Waals surface area contributed by atoms with Gasteiger partial charge in [-0.25, -0.2) is 0 Å². The molecule has 2 aromatic rings. The van der Waals surface area contributed by atoms with Crippen LogP contribution in [0, 0.1) is 0 Å². The van der Waals surface area contributed by atoms with Gasteiger partial charge in [-0.1, -0.05) is 6.07 Å². The van der Waals surface area contributed by atoms with E-state index in [0.717, 1.165) is 23.5 Å². The lowest BCUT2D eigenvalue weighted by molar-refractivity contribution is 0.100. The average Bonchev–Trinajstić information content (AvgIpc) is 2.46. The predicted molar refractivity (Wildman–Crippen MR) is 81.7 cm³/mol. The van der Waals surface area contributed by atoms with Gasteiger partial charge >= 0.3 is 0 Å². The molecule has 1 aromatic heterocycles. The van der Waals surface area contributed by atoms with Gasteiger partial charge < -0.3 is 16.0 Å². The minimum atomic E-state index is -0.436. The number of carbonyl (C=O) groups is 1. The van der Waals surface area contributed by atoms with Gasteiger partial charge in [0.2, 0.25) is 5.91 Å². The number of nitrogens with one attached hydrogen (secondary N) is 1. The smallest absolute Gasteiger partial charge is 0.248 e. The number of hydrogen-bond donors (Lipinski definition) is 2. The number of aromatic nitrogens is 2. The van der Waals surface area contributed by atoms with Crippen molar-refractivity contribution in [2.45, 2.75) is 13.1 Å². The van der Waals surface area contributed by atoms with Crippen LogP contribution in [0.1, 0.15) is 21.6 Å². The number of anilines is 1. The van der Waals surface area contributed by atoms with Crippen LogP contribution in [0.4, 0.5) is 5.69 Å². The molecule has 0 aliphatic rings. The molecule has 6 nitrogen and oxygen atoms in total. The maximum atomic E-state index is 11.3. The highest BCUT2D eigenvalue weighted by Crippen LogP contribution is 2.19. The summed E-state index contributed by atoms with van der Waals surface area (Å²) in [6, 6.07) is 5.44. The molecule has 0 atom stereocenters. The van der Waals surface area contributed by atoms with Gasteiger partial charge in [0.25, 0.3) is 0 Å². The molecule has 3 N–H and O–H groups in total. The Labute approximate surface area is 124 Å². The number of nitrogens with zero attached hydrogens (tertiary/aromatic N) is 3. The van der Waals surface area contributed by atoms with Crippen LogP contribution >= 0.6 is 0 Å². The highest BCUT2D eigenvalue weighted by molar-refractivity contribution is 5.94. The molecule has 110 valence electrons. The van der Waals surface area contributed by atoms with Crippen molar-refractivity contribution < 1.29 is 4.79 Å². The van der Waals surface area contributed by atoms with Crippen molar-refractivity contribution in [1.29, 1.82) is 0 Å². The lowest BCUT2D eigenvalue weighted by Gasteiger charge is -2.16. The minimum absolute atomic E-state index is 0.436. The molecule has 0 saturated carbocycles. The zero-order valence-electron chi connectivity index (χ0n) is 12.2. The van der Waals surface area contributed by atoms with Gasteiger partial charge in [-0.2, -0.15) is 0 Å². The van der Waals surface area contributed by atoms with E-state index >= 15 is 0 Å².